The molecule has 0 unspecified atom stereocenters. The maximum atomic E-state index is 10.9. The van der Waals surface area contributed by atoms with Crippen molar-refractivity contribution < 1.29 is 14.6 Å². The number of rotatable bonds is 3. The number of methoxy groups -OCH3 is 1. The fourth-order valence-electron chi connectivity index (χ4n) is 1.67. The lowest BCUT2D eigenvalue weighted by Crippen LogP contribution is -2.08. The fraction of sp³-hybridized carbons (Fsp3) is 0.364. The second-order valence-corrected chi connectivity index (χ2v) is 3.63. The van der Waals surface area contributed by atoms with Gasteiger partial charge in [-0.1, -0.05) is 12.1 Å². The SMILES string of the molecule is COc1cccc(C2(C=O)CC2)c1O. The lowest BCUT2D eigenvalue weighted by molar-refractivity contribution is -0.109. The van der Waals surface area contributed by atoms with E-state index in [0.29, 0.717) is 11.3 Å². The molecule has 0 atom stereocenters. The van der Waals surface area contributed by atoms with E-state index in [0.717, 1.165) is 19.1 Å². The van der Waals surface area contributed by atoms with Crippen molar-refractivity contribution in [2.75, 3.05) is 7.11 Å². The fourth-order valence-corrected chi connectivity index (χ4v) is 1.67. The molecule has 1 aromatic rings. The third-order valence-corrected chi connectivity index (χ3v) is 2.77. The third-order valence-electron chi connectivity index (χ3n) is 2.77. The van der Waals surface area contributed by atoms with E-state index in [4.69, 9.17) is 4.74 Å². The number of ether oxygens (including phenoxy) is 1. The van der Waals surface area contributed by atoms with Gasteiger partial charge in [0.15, 0.2) is 11.5 Å². The molecule has 1 aliphatic carbocycles. The van der Waals surface area contributed by atoms with E-state index < -0.39 is 5.41 Å². The predicted molar refractivity (Wildman–Crippen MR) is 51.6 cm³/mol. The van der Waals surface area contributed by atoms with Crippen LogP contribution >= 0.6 is 0 Å². The highest BCUT2D eigenvalue weighted by atomic mass is 16.5. The number of phenols is 1. The van der Waals surface area contributed by atoms with Crippen LogP contribution in [0.25, 0.3) is 0 Å². The largest absolute Gasteiger partial charge is 0.504 e. The molecule has 3 heteroatoms. The number of aldehydes is 1. The molecule has 1 aromatic carbocycles. The number of phenolic OH excluding ortho intramolecular Hbond substituents is 1. The van der Waals surface area contributed by atoms with Crippen LogP contribution in [-0.2, 0) is 10.2 Å². The third kappa shape index (κ3) is 1.16. The molecular weight excluding hydrogens is 180 g/mol. The van der Waals surface area contributed by atoms with E-state index in [9.17, 15) is 9.90 Å². The van der Waals surface area contributed by atoms with Gasteiger partial charge in [-0.2, -0.15) is 0 Å². The number of carbonyl (C=O) groups excluding carboxylic acids is 1. The van der Waals surface area contributed by atoms with Gasteiger partial charge < -0.3 is 14.6 Å². The van der Waals surface area contributed by atoms with Crippen LogP contribution in [0, 0.1) is 0 Å². The predicted octanol–water partition coefficient (Wildman–Crippen LogP) is 1.63. The molecule has 0 aliphatic heterocycles. The maximum absolute atomic E-state index is 10.9. The minimum atomic E-state index is -0.446. The highest BCUT2D eigenvalue weighted by Gasteiger charge is 2.46. The molecule has 1 N–H and O–H groups in total. The van der Waals surface area contributed by atoms with Gasteiger partial charge in [-0.25, -0.2) is 0 Å². The van der Waals surface area contributed by atoms with Crippen molar-refractivity contribution in [2.24, 2.45) is 0 Å². The molecule has 0 spiro atoms. The molecule has 0 saturated heterocycles. The number of aromatic hydroxyl groups is 1. The molecular formula is C11H12O3. The summed E-state index contributed by atoms with van der Waals surface area (Å²) < 4.78 is 4.99. The smallest absolute Gasteiger partial charge is 0.161 e. The van der Waals surface area contributed by atoms with Crippen molar-refractivity contribution >= 4 is 6.29 Å². The number of carbonyl (C=O) groups is 1. The summed E-state index contributed by atoms with van der Waals surface area (Å²) in [5.74, 6) is 0.523. The average molecular weight is 192 g/mol. The monoisotopic (exact) mass is 192 g/mol. The van der Waals surface area contributed by atoms with Crippen LogP contribution in [0.15, 0.2) is 18.2 Å². The van der Waals surface area contributed by atoms with Gasteiger partial charge in [-0.15, -0.1) is 0 Å². The summed E-state index contributed by atoms with van der Waals surface area (Å²) in [7, 11) is 1.50. The Kier molecular flexibility index (Phi) is 1.95. The Hall–Kier alpha value is -1.51. The Morgan fingerprint density at radius 1 is 1.50 bits per heavy atom. The van der Waals surface area contributed by atoms with Gasteiger partial charge in [0.25, 0.3) is 0 Å². The van der Waals surface area contributed by atoms with Crippen molar-refractivity contribution in [1.29, 1.82) is 0 Å². The van der Waals surface area contributed by atoms with Crippen LogP contribution in [0.2, 0.25) is 0 Å². The summed E-state index contributed by atoms with van der Waals surface area (Å²) in [6.45, 7) is 0. The van der Waals surface area contributed by atoms with E-state index in [1.165, 1.54) is 7.11 Å². The Bertz CT molecular complexity index is 367. The number of hydrogen-bond donors (Lipinski definition) is 1. The van der Waals surface area contributed by atoms with Gasteiger partial charge in [0, 0.05) is 5.56 Å². The summed E-state index contributed by atoms with van der Waals surface area (Å²) in [5.41, 5.74) is 0.241. The van der Waals surface area contributed by atoms with E-state index in [2.05, 4.69) is 0 Å². The van der Waals surface area contributed by atoms with Crippen molar-refractivity contribution in [3.8, 4) is 11.5 Å². The van der Waals surface area contributed by atoms with Crippen molar-refractivity contribution in [3.63, 3.8) is 0 Å². The first kappa shape index (κ1) is 9.06. The number of para-hydroxylation sites is 1. The zero-order valence-corrected chi connectivity index (χ0v) is 7.99. The first-order chi connectivity index (χ1) is 6.73. The maximum Gasteiger partial charge on any atom is 0.161 e. The first-order valence-electron chi connectivity index (χ1n) is 4.56. The standard InChI is InChI=1S/C11H12O3/c1-14-9-4-2-3-8(10(9)13)11(7-12)5-6-11/h2-4,7,13H,5-6H2,1H3. The lowest BCUT2D eigenvalue weighted by atomic mass is 9.96. The lowest BCUT2D eigenvalue weighted by Gasteiger charge is -2.12. The highest BCUT2D eigenvalue weighted by molar-refractivity contribution is 5.75. The molecule has 0 radical (unpaired) electrons. The topological polar surface area (TPSA) is 46.5 Å². The molecule has 0 bridgehead atoms. The Morgan fingerprint density at radius 2 is 2.21 bits per heavy atom. The molecule has 1 fully saturated rings. The summed E-state index contributed by atoms with van der Waals surface area (Å²) in [6, 6.07) is 5.25. The zero-order valence-electron chi connectivity index (χ0n) is 7.99. The Balaban J connectivity index is 2.48. The molecule has 1 aliphatic rings. The molecule has 0 heterocycles. The quantitative estimate of drug-likeness (QED) is 0.740. The zero-order chi connectivity index (χ0) is 10.2. The summed E-state index contributed by atoms with van der Waals surface area (Å²) in [6.07, 6.45) is 2.55. The van der Waals surface area contributed by atoms with Crippen LogP contribution in [0.5, 0.6) is 11.5 Å². The van der Waals surface area contributed by atoms with Crippen molar-refractivity contribution in [3.05, 3.63) is 23.8 Å². The van der Waals surface area contributed by atoms with Gasteiger partial charge in [0.05, 0.1) is 12.5 Å². The van der Waals surface area contributed by atoms with Crippen LogP contribution in [-0.4, -0.2) is 18.5 Å². The Labute approximate surface area is 82.3 Å². The Morgan fingerprint density at radius 3 is 2.71 bits per heavy atom. The number of hydrogen-bond acceptors (Lipinski definition) is 3. The van der Waals surface area contributed by atoms with Crippen LogP contribution < -0.4 is 4.74 Å². The normalized spacial score (nSPS) is 17.5. The van der Waals surface area contributed by atoms with Gasteiger partial charge in [-0.3, -0.25) is 0 Å². The van der Waals surface area contributed by atoms with Gasteiger partial charge >= 0.3 is 0 Å². The molecule has 0 aromatic heterocycles. The van der Waals surface area contributed by atoms with E-state index >= 15 is 0 Å². The minimum absolute atomic E-state index is 0.0969. The molecule has 74 valence electrons. The van der Waals surface area contributed by atoms with Gasteiger partial charge in [0.1, 0.15) is 6.29 Å². The van der Waals surface area contributed by atoms with Crippen molar-refractivity contribution in [2.45, 2.75) is 18.3 Å². The molecule has 14 heavy (non-hydrogen) atoms. The first-order valence-corrected chi connectivity index (χ1v) is 4.56. The summed E-state index contributed by atoms with van der Waals surface area (Å²) >= 11 is 0. The minimum Gasteiger partial charge on any atom is -0.504 e. The second kappa shape index (κ2) is 3.01. The number of benzene rings is 1. The average Bonchev–Trinajstić information content (AvgIpc) is 2.99. The van der Waals surface area contributed by atoms with Crippen LogP contribution in [0.1, 0.15) is 18.4 Å². The summed E-state index contributed by atoms with van der Waals surface area (Å²) in [5, 5.41) is 9.81. The van der Waals surface area contributed by atoms with Gasteiger partial charge in [0.2, 0.25) is 0 Å². The van der Waals surface area contributed by atoms with Gasteiger partial charge in [-0.05, 0) is 18.9 Å². The van der Waals surface area contributed by atoms with E-state index in [1.54, 1.807) is 18.2 Å². The summed E-state index contributed by atoms with van der Waals surface area (Å²) in [4.78, 5) is 10.9. The molecule has 2 rings (SSSR count). The van der Waals surface area contributed by atoms with Crippen molar-refractivity contribution in [1.82, 2.24) is 0 Å². The highest BCUT2D eigenvalue weighted by Crippen LogP contribution is 2.51. The molecule has 3 nitrogen and oxygen atoms in total. The van der Waals surface area contributed by atoms with E-state index in [-0.39, 0.29) is 5.75 Å². The van der Waals surface area contributed by atoms with Crippen LogP contribution in [0.3, 0.4) is 0 Å². The second-order valence-electron chi connectivity index (χ2n) is 3.63. The van der Waals surface area contributed by atoms with Crippen LogP contribution in [0.4, 0.5) is 0 Å². The molecule has 1 saturated carbocycles. The molecule has 0 amide bonds. The van der Waals surface area contributed by atoms with E-state index in [1.807, 2.05) is 0 Å².